The van der Waals surface area contributed by atoms with E-state index < -0.39 is 0 Å². The molecule has 0 saturated carbocycles. The molecule has 1 heterocycles. The van der Waals surface area contributed by atoms with Crippen LogP contribution < -0.4 is 0 Å². The number of pyridine rings is 1. The minimum absolute atomic E-state index is 0.788. The third-order valence-electron chi connectivity index (χ3n) is 2.65. The quantitative estimate of drug-likeness (QED) is 0.623. The largest absolute Gasteiger partial charge is 0.350 e. The Morgan fingerprint density at radius 2 is 1.87 bits per heavy atom. The summed E-state index contributed by atoms with van der Waals surface area (Å²) >= 11 is 11.5. The van der Waals surface area contributed by atoms with Gasteiger partial charge in [-0.25, -0.2) is 0 Å². The van der Waals surface area contributed by atoms with Crippen LogP contribution in [-0.2, 0) is 7.05 Å². The van der Waals surface area contributed by atoms with Crippen molar-refractivity contribution in [2.24, 2.45) is 7.05 Å². The van der Waals surface area contributed by atoms with E-state index in [4.69, 9.17) is 23.8 Å². The molecule has 0 aliphatic heterocycles. The zero-order valence-corrected chi connectivity index (χ0v) is 10.5. The Morgan fingerprint density at radius 1 is 1.20 bits per heavy atom. The third-order valence-corrected chi connectivity index (χ3v) is 3.60. The second kappa shape index (κ2) is 3.62. The van der Waals surface area contributed by atoms with Crippen LogP contribution in [0.5, 0.6) is 0 Å². The van der Waals surface area contributed by atoms with Gasteiger partial charge in [0.05, 0.1) is 10.0 Å². The first-order chi connectivity index (χ1) is 7.00. The Kier molecular flexibility index (Phi) is 2.57. The molecule has 2 aromatic rings. The lowest BCUT2D eigenvalue weighted by Gasteiger charge is -2.09. The molecule has 0 atom stereocenters. The van der Waals surface area contributed by atoms with Crippen molar-refractivity contribution in [3.8, 4) is 0 Å². The van der Waals surface area contributed by atoms with Crippen molar-refractivity contribution in [2.45, 2.75) is 13.8 Å². The van der Waals surface area contributed by atoms with Gasteiger partial charge in [0.25, 0.3) is 0 Å². The molecule has 0 unspecified atom stereocenters. The highest BCUT2D eigenvalue weighted by atomic mass is 35.5. The van der Waals surface area contributed by atoms with Gasteiger partial charge in [-0.1, -0.05) is 23.8 Å². The van der Waals surface area contributed by atoms with E-state index in [9.17, 15) is 0 Å². The Hall–Kier alpha value is -0.860. The van der Waals surface area contributed by atoms with E-state index >= 15 is 0 Å². The normalized spacial score (nSPS) is 10.9. The summed E-state index contributed by atoms with van der Waals surface area (Å²) in [6.45, 7) is 4.03. The highest BCUT2D eigenvalue weighted by Gasteiger charge is 2.04. The summed E-state index contributed by atoms with van der Waals surface area (Å²) in [6.07, 6.45) is 2.04. The zero-order valence-electron chi connectivity index (χ0n) is 8.97. The number of fused-ring (bicyclic) bond motifs is 1. The molecule has 0 bridgehead atoms. The van der Waals surface area contributed by atoms with Crippen molar-refractivity contribution in [1.82, 2.24) is 4.57 Å². The summed E-state index contributed by atoms with van der Waals surface area (Å²) in [6, 6.07) is 4.04. The number of hydrogen-bond acceptors (Lipinski definition) is 1. The van der Waals surface area contributed by atoms with E-state index in [1.54, 1.807) is 0 Å². The first-order valence-electron chi connectivity index (χ1n) is 4.77. The van der Waals surface area contributed by atoms with E-state index in [1.165, 1.54) is 0 Å². The number of rotatable bonds is 0. The highest BCUT2D eigenvalue weighted by molar-refractivity contribution is 7.71. The van der Waals surface area contributed by atoms with Crippen LogP contribution >= 0.6 is 23.8 Å². The first-order valence-corrected chi connectivity index (χ1v) is 5.55. The Labute approximate surface area is 99.3 Å². The van der Waals surface area contributed by atoms with Crippen molar-refractivity contribution in [1.29, 1.82) is 0 Å². The van der Waals surface area contributed by atoms with E-state index in [0.717, 1.165) is 31.6 Å². The SMILES string of the molecule is Cc1cc2c(=S)c(C)cn(C)c2cc1Cl. The predicted molar refractivity (Wildman–Crippen MR) is 68.2 cm³/mol. The molecule has 0 N–H and O–H groups in total. The summed E-state index contributed by atoms with van der Waals surface area (Å²) < 4.78 is 2.98. The molecule has 0 aliphatic carbocycles. The molecular weight excluding hydrogens is 226 g/mol. The molecule has 2 rings (SSSR count). The smallest absolute Gasteiger partial charge is 0.0514 e. The summed E-state index contributed by atoms with van der Waals surface area (Å²) in [4.78, 5) is 0. The number of nitrogens with zero attached hydrogens (tertiary/aromatic N) is 1. The highest BCUT2D eigenvalue weighted by Crippen LogP contribution is 2.25. The summed E-state index contributed by atoms with van der Waals surface area (Å²) in [7, 11) is 2.01. The van der Waals surface area contributed by atoms with Gasteiger partial charge in [-0.3, -0.25) is 0 Å². The molecule has 0 amide bonds. The van der Waals surface area contributed by atoms with E-state index in [2.05, 4.69) is 10.6 Å². The maximum Gasteiger partial charge on any atom is 0.0514 e. The van der Waals surface area contributed by atoms with Crippen molar-refractivity contribution >= 4 is 34.7 Å². The van der Waals surface area contributed by atoms with Gasteiger partial charge in [-0.05, 0) is 37.1 Å². The topological polar surface area (TPSA) is 4.93 Å². The summed E-state index contributed by atoms with van der Waals surface area (Å²) in [5.74, 6) is 0. The van der Waals surface area contributed by atoms with Crippen molar-refractivity contribution in [2.75, 3.05) is 0 Å². The Bertz CT molecular complexity index is 599. The zero-order chi connectivity index (χ0) is 11.2. The van der Waals surface area contributed by atoms with Gasteiger partial charge in [0, 0.05) is 23.7 Å². The van der Waals surface area contributed by atoms with Crippen LogP contribution in [0.15, 0.2) is 18.3 Å². The lowest BCUT2D eigenvalue weighted by Crippen LogP contribution is -1.96. The molecule has 0 aliphatic rings. The van der Waals surface area contributed by atoms with Crippen LogP contribution in [0.1, 0.15) is 11.1 Å². The van der Waals surface area contributed by atoms with E-state index in [-0.39, 0.29) is 0 Å². The monoisotopic (exact) mass is 237 g/mol. The minimum Gasteiger partial charge on any atom is -0.350 e. The fourth-order valence-electron chi connectivity index (χ4n) is 1.78. The standard InChI is InChI=1S/C12H12ClNS/c1-7-4-9-11(5-10(7)13)14(3)6-8(2)12(9)15/h4-6H,1-3H3. The first kappa shape index (κ1) is 10.7. The Balaban J connectivity index is 3.04. The van der Waals surface area contributed by atoms with E-state index in [1.807, 2.05) is 33.2 Å². The lowest BCUT2D eigenvalue weighted by molar-refractivity contribution is 0.941. The molecule has 0 fully saturated rings. The third kappa shape index (κ3) is 1.68. The van der Waals surface area contributed by atoms with Gasteiger partial charge in [0.2, 0.25) is 0 Å². The van der Waals surface area contributed by atoms with Gasteiger partial charge < -0.3 is 4.57 Å². The van der Waals surface area contributed by atoms with Crippen molar-refractivity contribution in [3.63, 3.8) is 0 Å². The Morgan fingerprint density at radius 3 is 2.53 bits per heavy atom. The fraction of sp³-hybridized carbons (Fsp3) is 0.250. The second-order valence-corrected chi connectivity index (χ2v) is 4.69. The predicted octanol–water partition coefficient (Wildman–Crippen LogP) is 4.18. The molecule has 1 aromatic heterocycles. The van der Waals surface area contributed by atoms with Gasteiger partial charge in [0.1, 0.15) is 0 Å². The maximum atomic E-state index is 6.10. The number of aromatic nitrogens is 1. The second-order valence-electron chi connectivity index (χ2n) is 3.87. The molecule has 0 radical (unpaired) electrons. The number of halogens is 1. The lowest BCUT2D eigenvalue weighted by atomic mass is 10.1. The van der Waals surface area contributed by atoms with Crippen molar-refractivity contribution < 1.29 is 0 Å². The molecule has 78 valence electrons. The van der Waals surface area contributed by atoms with Gasteiger partial charge in [0.15, 0.2) is 0 Å². The van der Waals surface area contributed by atoms with Crippen LogP contribution in [0, 0.1) is 18.4 Å². The van der Waals surface area contributed by atoms with Gasteiger partial charge in [-0.15, -0.1) is 0 Å². The summed E-state index contributed by atoms with van der Waals surface area (Å²) in [5.41, 5.74) is 3.28. The van der Waals surface area contributed by atoms with Crippen LogP contribution in [0.25, 0.3) is 10.9 Å². The molecule has 0 spiro atoms. The van der Waals surface area contributed by atoms with Crippen LogP contribution in [0.4, 0.5) is 0 Å². The number of benzene rings is 1. The molecule has 15 heavy (non-hydrogen) atoms. The number of aryl methyl sites for hydroxylation is 3. The minimum atomic E-state index is 0.788. The molecule has 1 aromatic carbocycles. The van der Waals surface area contributed by atoms with Crippen LogP contribution in [0.2, 0.25) is 5.02 Å². The average molecular weight is 238 g/mol. The molecule has 1 nitrogen and oxygen atoms in total. The van der Waals surface area contributed by atoms with E-state index in [0.29, 0.717) is 0 Å². The maximum absolute atomic E-state index is 6.10. The van der Waals surface area contributed by atoms with Gasteiger partial charge in [-0.2, -0.15) is 0 Å². The van der Waals surface area contributed by atoms with Gasteiger partial charge >= 0.3 is 0 Å². The fourth-order valence-corrected chi connectivity index (χ4v) is 2.15. The van der Waals surface area contributed by atoms with Crippen LogP contribution in [-0.4, -0.2) is 4.57 Å². The average Bonchev–Trinajstić information content (AvgIpc) is 2.18. The number of hydrogen-bond donors (Lipinski definition) is 0. The molecule has 3 heteroatoms. The van der Waals surface area contributed by atoms with Crippen molar-refractivity contribution in [3.05, 3.63) is 39.0 Å². The molecular formula is C12H12ClNS. The molecule has 0 saturated heterocycles. The van der Waals surface area contributed by atoms with Crippen LogP contribution in [0.3, 0.4) is 0 Å². The summed E-state index contributed by atoms with van der Waals surface area (Å²) in [5, 5.41) is 1.89.